The topological polar surface area (TPSA) is 132 Å². The summed E-state index contributed by atoms with van der Waals surface area (Å²) >= 11 is 0. The standard InChI is InChI=1S/C27H37N5O6/c1-17-29-20-8-5-7-19(23(20)25(35)32(17)21-9-10-22(33)30-24(21)34)28-13-6-16-37-18-11-14-31(15-12-18)26(36)38-27(2,3)4/h5,7-8,18,21,28H,6,9-16H2,1-4H3,(H,30,33,34). The highest BCUT2D eigenvalue weighted by atomic mass is 16.6. The first-order valence-corrected chi connectivity index (χ1v) is 13.2. The van der Waals surface area contributed by atoms with Crippen molar-refractivity contribution in [1.29, 1.82) is 0 Å². The molecule has 2 aliphatic rings. The van der Waals surface area contributed by atoms with Crippen molar-refractivity contribution in [3.8, 4) is 0 Å². The van der Waals surface area contributed by atoms with Crippen LogP contribution in [0.15, 0.2) is 23.0 Å². The predicted octanol–water partition coefficient (Wildman–Crippen LogP) is 2.90. The number of ether oxygens (including phenoxy) is 2. The molecule has 1 aromatic carbocycles. The van der Waals surface area contributed by atoms with Gasteiger partial charge in [-0.05, 0) is 65.5 Å². The van der Waals surface area contributed by atoms with Gasteiger partial charge in [0.25, 0.3) is 5.56 Å². The summed E-state index contributed by atoms with van der Waals surface area (Å²) < 4.78 is 12.9. The lowest BCUT2D eigenvalue weighted by molar-refractivity contribution is -0.135. The van der Waals surface area contributed by atoms with Crippen LogP contribution >= 0.6 is 0 Å². The SMILES string of the molecule is Cc1nc2cccc(NCCCOC3CCN(C(=O)OC(C)(C)C)CC3)c2c(=O)n1C1CCC(=O)NC1=O. The van der Waals surface area contributed by atoms with Crippen LogP contribution in [-0.4, -0.2) is 70.3 Å². The highest BCUT2D eigenvalue weighted by Crippen LogP contribution is 2.23. The van der Waals surface area contributed by atoms with E-state index in [4.69, 9.17) is 9.47 Å². The third-order valence-electron chi connectivity index (χ3n) is 6.71. The molecule has 2 N–H and O–H groups in total. The van der Waals surface area contributed by atoms with Crippen LogP contribution in [0.25, 0.3) is 10.9 Å². The van der Waals surface area contributed by atoms with Gasteiger partial charge < -0.3 is 19.7 Å². The Labute approximate surface area is 221 Å². The number of aryl methyl sites for hydroxylation is 1. The molecule has 3 amide bonds. The van der Waals surface area contributed by atoms with E-state index in [1.165, 1.54) is 4.57 Å². The molecule has 1 aromatic heterocycles. The maximum absolute atomic E-state index is 13.5. The number of carbonyl (C=O) groups excluding carboxylic acids is 3. The number of benzene rings is 1. The molecule has 0 bridgehead atoms. The first-order valence-electron chi connectivity index (χ1n) is 13.2. The van der Waals surface area contributed by atoms with Crippen LogP contribution in [0.5, 0.6) is 0 Å². The molecule has 1 unspecified atom stereocenters. The van der Waals surface area contributed by atoms with Gasteiger partial charge in [-0.1, -0.05) is 6.07 Å². The van der Waals surface area contributed by atoms with Gasteiger partial charge in [-0.15, -0.1) is 0 Å². The van der Waals surface area contributed by atoms with Crippen molar-refractivity contribution in [3.63, 3.8) is 0 Å². The lowest BCUT2D eigenvalue weighted by Crippen LogP contribution is -2.45. The number of anilines is 1. The highest BCUT2D eigenvalue weighted by molar-refractivity contribution is 5.99. The number of rotatable bonds is 7. The normalized spacial score (nSPS) is 18.9. The molecule has 0 radical (unpaired) electrons. The Morgan fingerprint density at radius 3 is 2.58 bits per heavy atom. The minimum absolute atomic E-state index is 0.0964. The van der Waals surface area contributed by atoms with Gasteiger partial charge in [0.2, 0.25) is 11.8 Å². The number of likely N-dealkylation sites (tertiary alicyclic amines) is 1. The summed E-state index contributed by atoms with van der Waals surface area (Å²) in [4.78, 5) is 56.0. The molecular formula is C27H37N5O6. The molecule has 206 valence electrons. The Hall–Kier alpha value is -3.47. The van der Waals surface area contributed by atoms with Crippen molar-refractivity contribution in [2.45, 2.75) is 77.5 Å². The van der Waals surface area contributed by atoms with Crippen molar-refractivity contribution in [2.75, 3.05) is 31.6 Å². The molecule has 2 aromatic rings. The van der Waals surface area contributed by atoms with Gasteiger partial charge in [0.15, 0.2) is 0 Å². The van der Waals surface area contributed by atoms with Crippen LogP contribution < -0.4 is 16.2 Å². The van der Waals surface area contributed by atoms with Crippen LogP contribution in [0.2, 0.25) is 0 Å². The number of aromatic nitrogens is 2. The number of nitrogens with zero attached hydrogens (tertiary/aromatic N) is 3. The number of nitrogens with one attached hydrogen (secondary N) is 2. The van der Waals surface area contributed by atoms with Gasteiger partial charge in [-0.25, -0.2) is 9.78 Å². The van der Waals surface area contributed by atoms with Crippen molar-refractivity contribution in [1.82, 2.24) is 19.8 Å². The second kappa shape index (κ2) is 11.5. The molecule has 2 aliphatic heterocycles. The first kappa shape index (κ1) is 27.6. The molecule has 38 heavy (non-hydrogen) atoms. The average molecular weight is 528 g/mol. The van der Waals surface area contributed by atoms with Crippen LogP contribution in [-0.2, 0) is 19.1 Å². The highest BCUT2D eigenvalue weighted by Gasteiger charge is 2.31. The zero-order valence-electron chi connectivity index (χ0n) is 22.5. The van der Waals surface area contributed by atoms with Gasteiger partial charge in [-0.2, -0.15) is 0 Å². The van der Waals surface area contributed by atoms with E-state index < -0.39 is 17.6 Å². The summed E-state index contributed by atoms with van der Waals surface area (Å²) in [5.74, 6) is -0.378. The summed E-state index contributed by atoms with van der Waals surface area (Å²) in [6.07, 6.45) is 2.52. The third kappa shape index (κ3) is 6.50. The number of hydrogen-bond donors (Lipinski definition) is 2. The Morgan fingerprint density at radius 1 is 1.16 bits per heavy atom. The molecule has 2 fully saturated rings. The van der Waals surface area contributed by atoms with E-state index in [2.05, 4.69) is 15.6 Å². The van der Waals surface area contributed by atoms with Crippen molar-refractivity contribution < 1.29 is 23.9 Å². The fourth-order valence-corrected chi connectivity index (χ4v) is 4.87. The predicted molar refractivity (Wildman–Crippen MR) is 142 cm³/mol. The molecule has 2 saturated heterocycles. The van der Waals surface area contributed by atoms with Gasteiger partial charge in [0, 0.05) is 38.3 Å². The van der Waals surface area contributed by atoms with E-state index in [9.17, 15) is 19.2 Å². The quantitative estimate of drug-likeness (QED) is 0.415. The van der Waals surface area contributed by atoms with Gasteiger partial charge in [0.05, 0.1) is 17.0 Å². The van der Waals surface area contributed by atoms with Gasteiger partial charge in [-0.3, -0.25) is 24.3 Å². The summed E-state index contributed by atoms with van der Waals surface area (Å²) in [5.41, 5.74) is 0.382. The Bertz CT molecular complexity index is 1260. The van der Waals surface area contributed by atoms with Crippen LogP contribution in [0, 0.1) is 6.92 Å². The van der Waals surface area contributed by atoms with Gasteiger partial charge in [0.1, 0.15) is 17.5 Å². The van der Waals surface area contributed by atoms with E-state index >= 15 is 0 Å². The summed E-state index contributed by atoms with van der Waals surface area (Å²) in [5, 5.41) is 6.05. The van der Waals surface area contributed by atoms with Gasteiger partial charge >= 0.3 is 6.09 Å². The molecule has 1 atom stereocenters. The maximum atomic E-state index is 13.5. The molecule has 0 aliphatic carbocycles. The summed E-state index contributed by atoms with van der Waals surface area (Å²) in [6.45, 7) is 9.63. The maximum Gasteiger partial charge on any atom is 0.410 e. The molecule has 0 spiro atoms. The van der Waals surface area contributed by atoms with E-state index in [1.54, 1.807) is 17.9 Å². The van der Waals surface area contributed by atoms with E-state index in [0.717, 1.165) is 19.3 Å². The van der Waals surface area contributed by atoms with Crippen LogP contribution in [0.4, 0.5) is 10.5 Å². The van der Waals surface area contributed by atoms with Crippen LogP contribution in [0.1, 0.15) is 64.7 Å². The monoisotopic (exact) mass is 527 g/mol. The largest absolute Gasteiger partial charge is 0.444 e. The fraction of sp³-hybridized carbons (Fsp3) is 0.593. The van der Waals surface area contributed by atoms with Crippen LogP contribution in [0.3, 0.4) is 0 Å². The lowest BCUT2D eigenvalue weighted by atomic mass is 10.1. The average Bonchev–Trinajstić information content (AvgIpc) is 2.84. The van der Waals surface area contributed by atoms with E-state index in [-0.39, 0.29) is 36.5 Å². The third-order valence-corrected chi connectivity index (χ3v) is 6.71. The second-order valence-corrected chi connectivity index (χ2v) is 10.8. The smallest absolute Gasteiger partial charge is 0.410 e. The Balaban J connectivity index is 1.32. The Morgan fingerprint density at radius 2 is 1.89 bits per heavy atom. The van der Waals surface area contributed by atoms with E-state index in [0.29, 0.717) is 48.7 Å². The number of fused-ring (bicyclic) bond motifs is 1. The number of piperidine rings is 2. The van der Waals surface area contributed by atoms with Crippen molar-refractivity contribution >= 4 is 34.5 Å². The molecule has 3 heterocycles. The minimum atomic E-state index is -0.764. The summed E-state index contributed by atoms with van der Waals surface area (Å²) in [7, 11) is 0. The molecule has 11 heteroatoms. The molecule has 11 nitrogen and oxygen atoms in total. The molecule has 0 saturated carbocycles. The fourth-order valence-electron chi connectivity index (χ4n) is 4.87. The second-order valence-electron chi connectivity index (χ2n) is 10.8. The first-order chi connectivity index (χ1) is 18.0. The van der Waals surface area contributed by atoms with Crippen molar-refractivity contribution in [3.05, 3.63) is 34.4 Å². The number of amides is 3. The molecule has 4 rings (SSSR count). The Kier molecular flexibility index (Phi) is 8.35. The zero-order valence-corrected chi connectivity index (χ0v) is 22.5. The lowest BCUT2D eigenvalue weighted by Gasteiger charge is -2.33. The van der Waals surface area contributed by atoms with E-state index in [1.807, 2.05) is 32.9 Å². The van der Waals surface area contributed by atoms with Crippen molar-refractivity contribution in [2.24, 2.45) is 0 Å². The number of imide groups is 1. The number of hydrogen-bond acceptors (Lipinski definition) is 8. The summed E-state index contributed by atoms with van der Waals surface area (Å²) in [6, 6.07) is 4.67. The minimum Gasteiger partial charge on any atom is -0.444 e. The number of carbonyl (C=O) groups is 3. The molecular weight excluding hydrogens is 490 g/mol. The zero-order chi connectivity index (χ0) is 27.4.